The Morgan fingerprint density at radius 2 is 1.91 bits per heavy atom. The van der Waals surface area contributed by atoms with E-state index >= 15 is 0 Å². The summed E-state index contributed by atoms with van der Waals surface area (Å²) in [6.45, 7) is 3.62. The summed E-state index contributed by atoms with van der Waals surface area (Å²) >= 11 is 1.77. The van der Waals surface area contributed by atoms with Gasteiger partial charge in [-0.15, -0.1) is 0 Å². The highest BCUT2D eigenvalue weighted by atomic mass is 127. The normalized spacial score (nSPS) is 9.18. The van der Waals surface area contributed by atoms with Gasteiger partial charge in [-0.2, -0.15) is 0 Å². The number of hydrogen-bond acceptors (Lipinski definition) is 1. The first-order valence-corrected chi connectivity index (χ1v) is 4.24. The van der Waals surface area contributed by atoms with Crippen molar-refractivity contribution in [3.63, 3.8) is 0 Å². The molecule has 0 radical (unpaired) electrons. The number of carbonyl (C=O) groups is 1. The Morgan fingerprint density at radius 3 is 2.27 bits per heavy atom. The Kier molecular flexibility index (Phi) is 2.82. The average molecular weight is 258 g/mol. The lowest BCUT2D eigenvalue weighted by Gasteiger charge is -1.93. The molecule has 0 bridgehead atoms. The molecule has 0 spiro atoms. The van der Waals surface area contributed by atoms with Crippen LogP contribution in [0.1, 0.15) is 15.9 Å². The molecule has 1 rings (SSSR count). The largest absolute Gasteiger partial charge is 0.282 e. The summed E-state index contributed by atoms with van der Waals surface area (Å²) in [7, 11) is 0. The number of rotatable bonds is 2. The summed E-state index contributed by atoms with van der Waals surface area (Å²) in [6.07, 6.45) is 1.75. The van der Waals surface area contributed by atoms with E-state index in [2.05, 4.69) is 6.58 Å². The van der Waals surface area contributed by atoms with E-state index < -0.39 is 0 Å². The number of hydrogen-bond donors (Lipinski definition) is 0. The van der Waals surface area contributed by atoms with Gasteiger partial charge in [0, 0.05) is 28.2 Å². The van der Waals surface area contributed by atoms with Gasteiger partial charge in [0.15, 0.2) is 0 Å². The fourth-order valence-corrected chi connectivity index (χ4v) is 1.11. The van der Waals surface area contributed by atoms with Crippen LogP contribution < -0.4 is 0 Å². The molecule has 0 fully saturated rings. The quantitative estimate of drug-likeness (QED) is 0.588. The van der Waals surface area contributed by atoms with Crippen LogP contribution in [-0.2, 0) is 0 Å². The molecule has 0 atom stereocenters. The summed E-state index contributed by atoms with van der Waals surface area (Å²) in [6, 6.07) is 7.34. The van der Waals surface area contributed by atoms with Gasteiger partial charge in [-0.25, -0.2) is 0 Å². The molecule has 0 aliphatic carbocycles. The number of carbonyl (C=O) groups excluding carboxylic acids is 1. The zero-order chi connectivity index (χ0) is 8.27. The van der Waals surface area contributed by atoms with Crippen LogP contribution in [-0.4, -0.2) is 3.79 Å². The van der Waals surface area contributed by atoms with Crippen molar-refractivity contribution in [2.24, 2.45) is 0 Å². The standard InChI is InChI=1S/C9H7IO/c1-2-7-3-5-8(6-4-7)9(10)11/h2-6H,1H2. The number of benzene rings is 1. The van der Waals surface area contributed by atoms with Crippen LogP contribution >= 0.6 is 22.6 Å². The zero-order valence-corrected chi connectivity index (χ0v) is 8.04. The van der Waals surface area contributed by atoms with Crippen molar-refractivity contribution in [2.45, 2.75) is 0 Å². The van der Waals surface area contributed by atoms with Gasteiger partial charge in [-0.3, -0.25) is 4.79 Å². The van der Waals surface area contributed by atoms with Crippen LogP contribution in [0.2, 0.25) is 0 Å². The molecule has 11 heavy (non-hydrogen) atoms. The van der Waals surface area contributed by atoms with Gasteiger partial charge in [0.25, 0.3) is 0 Å². The molecule has 0 aliphatic rings. The molecule has 1 aromatic carbocycles. The Labute approximate surface area is 79.3 Å². The fourth-order valence-electron chi connectivity index (χ4n) is 0.750. The monoisotopic (exact) mass is 258 g/mol. The van der Waals surface area contributed by atoms with E-state index in [-0.39, 0.29) is 3.79 Å². The lowest BCUT2D eigenvalue weighted by Crippen LogP contribution is -1.85. The van der Waals surface area contributed by atoms with Crippen molar-refractivity contribution in [3.8, 4) is 0 Å². The first-order valence-electron chi connectivity index (χ1n) is 3.16. The first-order chi connectivity index (χ1) is 5.24. The van der Waals surface area contributed by atoms with Gasteiger partial charge in [0.2, 0.25) is 3.79 Å². The Balaban J connectivity index is 3.00. The maximum Gasteiger partial charge on any atom is 0.222 e. The van der Waals surface area contributed by atoms with Gasteiger partial charge in [0.05, 0.1) is 0 Å². The summed E-state index contributed by atoms with van der Waals surface area (Å²) in [4.78, 5) is 10.8. The number of halogens is 1. The minimum atomic E-state index is 0.0678. The van der Waals surface area contributed by atoms with Crippen molar-refractivity contribution in [2.75, 3.05) is 0 Å². The average Bonchev–Trinajstić information content (AvgIpc) is 2.05. The molecular formula is C9H7IO. The van der Waals surface area contributed by atoms with Crippen LogP contribution in [0.25, 0.3) is 6.08 Å². The van der Waals surface area contributed by atoms with Crippen molar-refractivity contribution >= 4 is 32.5 Å². The van der Waals surface area contributed by atoms with Gasteiger partial charge in [-0.05, 0) is 17.7 Å². The van der Waals surface area contributed by atoms with Gasteiger partial charge >= 0.3 is 0 Å². The van der Waals surface area contributed by atoms with E-state index in [1.807, 2.05) is 12.1 Å². The minimum absolute atomic E-state index is 0.0678. The second-order valence-electron chi connectivity index (χ2n) is 2.10. The topological polar surface area (TPSA) is 17.1 Å². The van der Waals surface area contributed by atoms with E-state index in [0.717, 1.165) is 11.1 Å². The van der Waals surface area contributed by atoms with Crippen LogP contribution in [0.3, 0.4) is 0 Å². The molecule has 0 saturated carbocycles. The fraction of sp³-hybridized carbons (Fsp3) is 0. The maximum atomic E-state index is 10.8. The molecule has 1 nitrogen and oxygen atoms in total. The van der Waals surface area contributed by atoms with Crippen molar-refractivity contribution in [3.05, 3.63) is 42.0 Å². The van der Waals surface area contributed by atoms with E-state index in [9.17, 15) is 4.79 Å². The third-order valence-electron chi connectivity index (χ3n) is 1.37. The van der Waals surface area contributed by atoms with Crippen molar-refractivity contribution in [1.82, 2.24) is 0 Å². The molecule has 0 aromatic heterocycles. The predicted octanol–water partition coefficient (Wildman–Crippen LogP) is 2.90. The molecular weight excluding hydrogens is 251 g/mol. The van der Waals surface area contributed by atoms with E-state index in [1.54, 1.807) is 40.8 Å². The van der Waals surface area contributed by atoms with E-state index in [4.69, 9.17) is 0 Å². The summed E-state index contributed by atoms with van der Waals surface area (Å²) in [5.41, 5.74) is 1.77. The predicted molar refractivity (Wildman–Crippen MR) is 54.9 cm³/mol. The molecule has 0 N–H and O–H groups in total. The SMILES string of the molecule is C=Cc1ccc(C(=O)I)cc1. The third-order valence-corrected chi connectivity index (χ3v) is 2.00. The highest BCUT2D eigenvalue weighted by Crippen LogP contribution is 2.08. The highest BCUT2D eigenvalue weighted by molar-refractivity contribution is 14.1. The molecule has 0 unspecified atom stereocenters. The van der Waals surface area contributed by atoms with Crippen molar-refractivity contribution < 1.29 is 4.79 Å². The maximum absolute atomic E-state index is 10.8. The minimum Gasteiger partial charge on any atom is -0.282 e. The smallest absolute Gasteiger partial charge is 0.222 e. The van der Waals surface area contributed by atoms with Gasteiger partial charge < -0.3 is 0 Å². The van der Waals surface area contributed by atoms with Crippen LogP contribution in [0.15, 0.2) is 30.8 Å². The molecule has 0 amide bonds. The summed E-state index contributed by atoms with van der Waals surface area (Å²) < 4.78 is 0.0678. The second kappa shape index (κ2) is 3.67. The molecule has 2 heteroatoms. The van der Waals surface area contributed by atoms with Gasteiger partial charge in [-0.1, -0.05) is 24.8 Å². The Morgan fingerprint density at radius 1 is 1.36 bits per heavy atom. The zero-order valence-electron chi connectivity index (χ0n) is 5.88. The lowest BCUT2D eigenvalue weighted by atomic mass is 10.1. The summed E-state index contributed by atoms with van der Waals surface area (Å²) in [5.74, 6) is 0. The lowest BCUT2D eigenvalue weighted by molar-refractivity contribution is 0.110. The Bertz CT molecular complexity index is 274. The molecule has 0 saturated heterocycles. The van der Waals surface area contributed by atoms with Gasteiger partial charge in [0.1, 0.15) is 0 Å². The Hall–Kier alpha value is -0.640. The van der Waals surface area contributed by atoms with Crippen molar-refractivity contribution in [1.29, 1.82) is 0 Å². The first kappa shape index (κ1) is 8.46. The third kappa shape index (κ3) is 2.15. The molecule has 1 aromatic rings. The van der Waals surface area contributed by atoms with Crippen LogP contribution in [0.5, 0.6) is 0 Å². The van der Waals surface area contributed by atoms with Crippen LogP contribution in [0.4, 0.5) is 0 Å². The molecule has 56 valence electrons. The van der Waals surface area contributed by atoms with E-state index in [1.165, 1.54) is 0 Å². The highest BCUT2D eigenvalue weighted by Gasteiger charge is 1.97. The molecule has 0 aliphatic heterocycles. The van der Waals surface area contributed by atoms with E-state index in [0.29, 0.717) is 0 Å². The second-order valence-corrected chi connectivity index (χ2v) is 3.08. The van der Waals surface area contributed by atoms with Crippen LogP contribution in [0, 0.1) is 0 Å². The molecule has 0 heterocycles. The summed E-state index contributed by atoms with van der Waals surface area (Å²) in [5, 5.41) is 0.